The number of carbonyl (C=O) groups is 1. The highest BCUT2D eigenvalue weighted by molar-refractivity contribution is 5.77. The first kappa shape index (κ1) is 17.7. The molecular weight excluding hydrogens is 303 g/mol. The van der Waals surface area contributed by atoms with Crippen LogP contribution in [0.3, 0.4) is 0 Å². The first-order chi connectivity index (χ1) is 11.5. The summed E-state index contributed by atoms with van der Waals surface area (Å²) in [5.41, 5.74) is 2.51. The molecule has 2 aromatic rings. The summed E-state index contributed by atoms with van der Waals surface area (Å²) in [4.78, 5) is 12.1. The monoisotopic (exact) mass is 324 g/mol. The van der Waals surface area contributed by atoms with Crippen molar-refractivity contribution in [2.75, 3.05) is 0 Å². The minimum Gasteiger partial charge on any atom is -0.337 e. The van der Waals surface area contributed by atoms with Crippen LogP contribution in [0.1, 0.15) is 48.9 Å². The fraction of sp³-hybridized carbons (Fsp3) is 0.300. The van der Waals surface area contributed by atoms with Crippen LogP contribution in [0.15, 0.2) is 48.5 Å². The Kier molecular flexibility index (Phi) is 6.08. The molecule has 0 spiro atoms. The van der Waals surface area contributed by atoms with Crippen LogP contribution < -0.4 is 5.32 Å². The lowest BCUT2D eigenvalue weighted by Gasteiger charge is -2.13. The molecule has 0 aliphatic rings. The number of nitrogens with one attached hydrogen (secondary N) is 1. The summed E-state index contributed by atoms with van der Waals surface area (Å²) < 4.78 is 13.7. The van der Waals surface area contributed by atoms with Crippen LogP contribution in [-0.2, 0) is 11.2 Å². The Morgan fingerprint density at radius 1 is 1.17 bits per heavy atom. The van der Waals surface area contributed by atoms with Crippen molar-refractivity contribution in [2.45, 2.75) is 38.6 Å². The van der Waals surface area contributed by atoms with Crippen molar-refractivity contribution in [1.29, 1.82) is 5.26 Å². The topological polar surface area (TPSA) is 52.9 Å². The average molecular weight is 324 g/mol. The molecule has 2 aromatic carbocycles. The third-order valence-electron chi connectivity index (χ3n) is 3.94. The smallest absolute Gasteiger partial charge is 0.221 e. The summed E-state index contributed by atoms with van der Waals surface area (Å²) in [5.74, 6) is -0.286. The second-order valence-electron chi connectivity index (χ2n) is 6.05. The van der Waals surface area contributed by atoms with E-state index in [-0.39, 0.29) is 17.9 Å². The van der Waals surface area contributed by atoms with E-state index in [1.54, 1.807) is 12.1 Å². The minimum atomic E-state index is -0.970. The Morgan fingerprint density at radius 3 is 2.42 bits per heavy atom. The summed E-state index contributed by atoms with van der Waals surface area (Å²) >= 11 is 0. The lowest BCUT2D eigenvalue weighted by Crippen LogP contribution is -2.28. The molecule has 0 bridgehead atoms. The number of carbonyl (C=O) groups excluding carboxylic acids is 1. The van der Waals surface area contributed by atoms with Crippen molar-refractivity contribution < 1.29 is 9.18 Å². The molecule has 1 unspecified atom stereocenters. The second-order valence-corrected chi connectivity index (χ2v) is 6.05. The molecule has 0 aromatic heterocycles. The van der Waals surface area contributed by atoms with Gasteiger partial charge in [0.2, 0.25) is 5.91 Å². The van der Waals surface area contributed by atoms with E-state index in [4.69, 9.17) is 0 Å². The lowest BCUT2D eigenvalue weighted by atomic mass is 10.00. The van der Waals surface area contributed by atoms with Gasteiger partial charge < -0.3 is 5.32 Å². The van der Waals surface area contributed by atoms with Crippen LogP contribution in [0.4, 0.5) is 4.39 Å². The van der Waals surface area contributed by atoms with Crippen molar-refractivity contribution >= 4 is 5.91 Å². The molecule has 0 radical (unpaired) electrons. The highest BCUT2D eigenvalue weighted by Crippen LogP contribution is 2.17. The maximum absolute atomic E-state index is 13.7. The predicted molar refractivity (Wildman–Crippen MR) is 91.7 cm³/mol. The van der Waals surface area contributed by atoms with Crippen LogP contribution in [0, 0.1) is 17.1 Å². The highest BCUT2D eigenvalue weighted by Gasteiger charge is 2.17. The van der Waals surface area contributed by atoms with Gasteiger partial charge in [-0.05, 0) is 29.5 Å². The summed E-state index contributed by atoms with van der Waals surface area (Å²) in [6, 6.07) is 15.1. The molecule has 4 heteroatoms. The normalized spacial score (nSPS) is 11.8. The zero-order valence-corrected chi connectivity index (χ0v) is 13.9. The number of hydrogen-bond acceptors (Lipinski definition) is 2. The molecule has 0 heterocycles. The van der Waals surface area contributed by atoms with Crippen LogP contribution in [-0.4, -0.2) is 5.91 Å². The second kappa shape index (κ2) is 8.26. The fourth-order valence-corrected chi connectivity index (χ4v) is 2.45. The van der Waals surface area contributed by atoms with Gasteiger partial charge in [-0.3, -0.25) is 4.79 Å². The zero-order chi connectivity index (χ0) is 17.5. The third-order valence-corrected chi connectivity index (χ3v) is 3.94. The Labute approximate surface area is 142 Å². The Bertz CT molecular complexity index is 732. The molecule has 124 valence electrons. The molecule has 0 aliphatic carbocycles. The van der Waals surface area contributed by atoms with Crippen LogP contribution in [0.25, 0.3) is 0 Å². The Balaban J connectivity index is 1.93. The third kappa shape index (κ3) is 4.66. The highest BCUT2D eigenvalue weighted by atomic mass is 19.1. The molecule has 24 heavy (non-hydrogen) atoms. The van der Waals surface area contributed by atoms with Gasteiger partial charge in [-0.25, -0.2) is 4.39 Å². The summed E-state index contributed by atoms with van der Waals surface area (Å²) in [6.07, 6.45) is 0.841. The molecule has 3 nitrogen and oxygen atoms in total. The van der Waals surface area contributed by atoms with Crippen LogP contribution in [0.5, 0.6) is 0 Å². The first-order valence-electron chi connectivity index (χ1n) is 8.03. The van der Waals surface area contributed by atoms with Crippen molar-refractivity contribution in [3.05, 3.63) is 71.0 Å². The molecule has 1 N–H and O–H groups in total. The zero-order valence-electron chi connectivity index (χ0n) is 13.9. The first-order valence-corrected chi connectivity index (χ1v) is 8.03. The number of nitrogens with zero attached hydrogens (tertiary/aromatic N) is 1. The summed E-state index contributed by atoms with van der Waals surface area (Å²) in [5, 5.41) is 11.8. The number of nitriles is 1. The van der Waals surface area contributed by atoms with Gasteiger partial charge in [0.15, 0.2) is 0 Å². The van der Waals surface area contributed by atoms with Gasteiger partial charge in [0.25, 0.3) is 0 Å². The maximum Gasteiger partial charge on any atom is 0.221 e. The Hall–Kier alpha value is -2.67. The van der Waals surface area contributed by atoms with Crippen LogP contribution >= 0.6 is 0 Å². The van der Waals surface area contributed by atoms with Crippen molar-refractivity contribution in [3.63, 3.8) is 0 Å². The number of rotatable bonds is 6. The Morgan fingerprint density at radius 2 is 1.83 bits per heavy atom. The van der Waals surface area contributed by atoms with Crippen molar-refractivity contribution in [2.24, 2.45) is 0 Å². The fourth-order valence-electron chi connectivity index (χ4n) is 2.45. The number of hydrogen-bond donors (Lipinski definition) is 1. The molecule has 0 saturated carbocycles. The predicted octanol–water partition coefficient (Wildman–Crippen LogP) is 4.26. The summed E-state index contributed by atoms with van der Waals surface area (Å²) in [6.45, 7) is 4.26. The largest absolute Gasteiger partial charge is 0.337 e. The number of benzene rings is 2. The quantitative estimate of drug-likeness (QED) is 0.863. The van der Waals surface area contributed by atoms with Gasteiger partial charge >= 0.3 is 0 Å². The molecule has 0 aliphatic heterocycles. The maximum atomic E-state index is 13.7. The SMILES string of the molecule is CC(C)c1ccc(CCC(=O)NC(C#N)c2ccccc2F)cc1. The van der Waals surface area contributed by atoms with Crippen LogP contribution in [0.2, 0.25) is 0 Å². The molecule has 1 atom stereocenters. The van der Waals surface area contributed by atoms with E-state index in [0.717, 1.165) is 5.56 Å². The van der Waals surface area contributed by atoms with E-state index in [1.807, 2.05) is 18.2 Å². The number of halogens is 1. The summed E-state index contributed by atoms with van der Waals surface area (Å²) in [7, 11) is 0. The van der Waals surface area contributed by atoms with Gasteiger partial charge in [0.1, 0.15) is 11.9 Å². The van der Waals surface area contributed by atoms with Gasteiger partial charge in [0, 0.05) is 12.0 Å². The van der Waals surface area contributed by atoms with E-state index >= 15 is 0 Å². The lowest BCUT2D eigenvalue weighted by molar-refractivity contribution is -0.121. The molecule has 0 fully saturated rings. The van der Waals surface area contributed by atoms with Gasteiger partial charge in [-0.2, -0.15) is 5.26 Å². The minimum absolute atomic E-state index is 0.189. The van der Waals surface area contributed by atoms with Gasteiger partial charge in [-0.1, -0.05) is 56.3 Å². The van der Waals surface area contributed by atoms with Crippen molar-refractivity contribution in [3.8, 4) is 6.07 Å². The number of amides is 1. The van der Waals surface area contributed by atoms with E-state index in [9.17, 15) is 14.4 Å². The van der Waals surface area contributed by atoms with Crippen molar-refractivity contribution in [1.82, 2.24) is 5.32 Å². The van der Waals surface area contributed by atoms with E-state index in [2.05, 4.69) is 31.3 Å². The average Bonchev–Trinajstić information content (AvgIpc) is 2.59. The standard InChI is InChI=1S/C20H21FN2O/c1-14(2)16-10-7-15(8-11-16)9-12-20(24)23-19(13-22)17-5-3-4-6-18(17)21/h3-8,10-11,14,19H,9,12H2,1-2H3,(H,23,24). The van der Waals surface area contributed by atoms with E-state index < -0.39 is 11.9 Å². The van der Waals surface area contributed by atoms with Gasteiger partial charge in [0.05, 0.1) is 6.07 Å². The van der Waals surface area contributed by atoms with Gasteiger partial charge in [-0.15, -0.1) is 0 Å². The molecular formula is C20H21FN2O. The molecule has 1 amide bonds. The number of aryl methyl sites for hydroxylation is 1. The van der Waals surface area contributed by atoms with E-state index in [1.165, 1.54) is 17.7 Å². The van der Waals surface area contributed by atoms with E-state index in [0.29, 0.717) is 12.3 Å². The molecule has 0 saturated heterocycles. The molecule has 2 rings (SSSR count).